The summed E-state index contributed by atoms with van der Waals surface area (Å²) in [6, 6.07) is 19.8. The van der Waals surface area contributed by atoms with Gasteiger partial charge in [-0.15, -0.1) is 0 Å². The highest BCUT2D eigenvalue weighted by atomic mass is 16.6. The van der Waals surface area contributed by atoms with Crippen LogP contribution in [0.4, 0.5) is 0 Å². The van der Waals surface area contributed by atoms with Crippen molar-refractivity contribution in [2.45, 2.75) is 33.3 Å². The van der Waals surface area contributed by atoms with Gasteiger partial charge in [-0.3, -0.25) is 0 Å². The molecule has 0 aliphatic carbocycles. The van der Waals surface area contributed by atoms with Crippen molar-refractivity contribution in [1.29, 1.82) is 0 Å². The second kappa shape index (κ2) is 8.63. The summed E-state index contributed by atoms with van der Waals surface area (Å²) in [4.78, 5) is 12.9. The van der Waals surface area contributed by atoms with Crippen LogP contribution in [0.5, 0.6) is 0 Å². The fourth-order valence-electron chi connectivity index (χ4n) is 2.50. The monoisotopic (exact) mass is 338 g/mol. The SMILES string of the molecule is CCOCC(C(=O)OC(C)(C)C)=C(c1ccccc1)c1ccccc1. The van der Waals surface area contributed by atoms with Crippen molar-refractivity contribution in [3.63, 3.8) is 0 Å². The van der Waals surface area contributed by atoms with Gasteiger partial charge in [0.05, 0.1) is 12.2 Å². The zero-order chi connectivity index (χ0) is 18.3. The summed E-state index contributed by atoms with van der Waals surface area (Å²) >= 11 is 0. The molecule has 25 heavy (non-hydrogen) atoms. The van der Waals surface area contributed by atoms with E-state index in [1.165, 1.54) is 0 Å². The van der Waals surface area contributed by atoms with Gasteiger partial charge in [-0.05, 0) is 38.8 Å². The fraction of sp³-hybridized carbons (Fsp3) is 0.318. The Balaban J connectivity index is 2.62. The number of esters is 1. The van der Waals surface area contributed by atoms with Crippen molar-refractivity contribution >= 4 is 11.5 Å². The molecule has 0 aliphatic heterocycles. The Morgan fingerprint density at radius 1 is 0.880 bits per heavy atom. The summed E-state index contributed by atoms with van der Waals surface area (Å²) in [7, 11) is 0. The van der Waals surface area contributed by atoms with E-state index >= 15 is 0 Å². The Bertz CT molecular complexity index is 668. The first kappa shape index (κ1) is 18.9. The van der Waals surface area contributed by atoms with Crippen molar-refractivity contribution in [3.05, 3.63) is 77.4 Å². The Hall–Kier alpha value is -2.39. The van der Waals surface area contributed by atoms with Gasteiger partial charge in [0, 0.05) is 12.2 Å². The third kappa shape index (κ3) is 5.57. The van der Waals surface area contributed by atoms with Crippen LogP contribution in [0.15, 0.2) is 66.2 Å². The molecule has 0 radical (unpaired) electrons. The van der Waals surface area contributed by atoms with Crippen molar-refractivity contribution in [3.8, 4) is 0 Å². The maximum Gasteiger partial charge on any atom is 0.337 e. The highest BCUT2D eigenvalue weighted by molar-refractivity contribution is 6.02. The fourth-order valence-corrected chi connectivity index (χ4v) is 2.50. The maximum absolute atomic E-state index is 12.9. The number of carbonyl (C=O) groups excluding carboxylic acids is 1. The minimum atomic E-state index is -0.562. The average Bonchev–Trinajstić information content (AvgIpc) is 2.58. The molecule has 3 nitrogen and oxygen atoms in total. The van der Waals surface area contributed by atoms with Gasteiger partial charge in [0.15, 0.2) is 0 Å². The van der Waals surface area contributed by atoms with E-state index in [9.17, 15) is 4.79 Å². The number of hydrogen-bond donors (Lipinski definition) is 0. The van der Waals surface area contributed by atoms with Crippen molar-refractivity contribution < 1.29 is 14.3 Å². The highest BCUT2D eigenvalue weighted by Crippen LogP contribution is 2.28. The van der Waals surface area contributed by atoms with Crippen LogP contribution in [0.2, 0.25) is 0 Å². The minimum absolute atomic E-state index is 0.213. The molecule has 0 bridgehead atoms. The van der Waals surface area contributed by atoms with Gasteiger partial charge in [-0.1, -0.05) is 60.7 Å². The molecule has 3 heteroatoms. The Kier molecular flexibility index (Phi) is 6.54. The predicted octanol–water partition coefficient (Wildman–Crippen LogP) is 4.87. The van der Waals surface area contributed by atoms with E-state index in [-0.39, 0.29) is 12.6 Å². The third-order valence-corrected chi connectivity index (χ3v) is 3.52. The lowest BCUT2D eigenvalue weighted by Crippen LogP contribution is -2.27. The van der Waals surface area contributed by atoms with E-state index in [4.69, 9.17) is 9.47 Å². The predicted molar refractivity (Wildman–Crippen MR) is 101 cm³/mol. The number of benzene rings is 2. The first-order valence-corrected chi connectivity index (χ1v) is 8.57. The number of carbonyl (C=O) groups is 1. The quantitative estimate of drug-likeness (QED) is 0.557. The van der Waals surface area contributed by atoms with E-state index in [0.29, 0.717) is 12.2 Å². The van der Waals surface area contributed by atoms with Crippen LogP contribution in [-0.2, 0) is 14.3 Å². The summed E-state index contributed by atoms with van der Waals surface area (Å²) in [5.74, 6) is -0.344. The molecular weight excluding hydrogens is 312 g/mol. The first-order chi connectivity index (χ1) is 11.9. The molecule has 0 saturated heterocycles. The largest absolute Gasteiger partial charge is 0.457 e. The van der Waals surface area contributed by atoms with E-state index in [0.717, 1.165) is 16.7 Å². The molecular formula is C22H26O3. The standard InChI is InChI=1S/C22H26O3/c1-5-24-16-19(21(23)25-22(2,3)4)20(17-12-8-6-9-13-17)18-14-10-7-11-15-18/h6-15H,5,16H2,1-4H3. The van der Waals surface area contributed by atoms with Crippen molar-refractivity contribution in [2.24, 2.45) is 0 Å². The van der Waals surface area contributed by atoms with Gasteiger partial charge in [0.2, 0.25) is 0 Å². The molecule has 0 atom stereocenters. The van der Waals surface area contributed by atoms with Crippen molar-refractivity contribution in [2.75, 3.05) is 13.2 Å². The van der Waals surface area contributed by atoms with Crippen molar-refractivity contribution in [1.82, 2.24) is 0 Å². The van der Waals surface area contributed by atoms with Gasteiger partial charge < -0.3 is 9.47 Å². The zero-order valence-corrected chi connectivity index (χ0v) is 15.4. The smallest absolute Gasteiger partial charge is 0.337 e. The van der Waals surface area contributed by atoms with Gasteiger partial charge in [-0.2, -0.15) is 0 Å². The molecule has 0 aliphatic rings. The molecule has 0 saturated carbocycles. The number of ether oxygens (including phenoxy) is 2. The molecule has 0 amide bonds. The molecule has 2 rings (SSSR count). The summed E-state index contributed by atoms with van der Waals surface area (Å²) < 4.78 is 11.2. The van der Waals surface area contributed by atoms with E-state index in [1.54, 1.807) is 0 Å². The normalized spacial score (nSPS) is 11.0. The van der Waals surface area contributed by atoms with Crippen LogP contribution >= 0.6 is 0 Å². The first-order valence-electron chi connectivity index (χ1n) is 8.57. The molecule has 0 spiro atoms. The molecule has 0 aromatic heterocycles. The van der Waals surface area contributed by atoms with Crippen LogP contribution in [0, 0.1) is 0 Å². The Labute approximate surface area is 150 Å². The highest BCUT2D eigenvalue weighted by Gasteiger charge is 2.24. The van der Waals surface area contributed by atoms with Crippen LogP contribution in [0.25, 0.3) is 5.57 Å². The van der Waals surface area contributed by atoms with Gasteiger partial charge in [0.1, 0.15) is 5.60 Å². The lowest BCUT2D eigenvalue weighted by molar-refractivity contribution is -0.150. The molecule has 0 fully saturated rings. The van der Waals surface area contributed by atoms with Crippen LogP contribution in [-0.4, -0.2) is 24.8 Å². The van der Waals surface area contributed by atoms with Crippen LogP contribution in [0.3, 0.4) is 0 Å². The number of hydrogen-bond acceptors (Lipinski definition) is 3. The molecule has 0 unspecified atom stereocenters. The van der Waals surface area contributed by atoms with Gasteiger partial charge in [0.25, 0.3) is 0 Å². The topological polar surface area (TPSA) is 35.5 Å². The Morgan fingerprint density at radius 3 is 1.76 bits per heavy atom. The molecule has 2 aromatic carbocycles. The van der Waals surface area contributed by atoms with Crippen LogP contribution < -0.4 is 0 Å². The molecule has 0 heterocycles. The van der Waals surface area contributed by atoms with Crippen LogP contribution in [0.1, 0.15) is 38.8 Å². The molecule has 2 aromatic rings. The summed E-state index contributed by atoms with van der Waals surface area (Å²) in [6.07, 6.45) is 0. The van der Waals surface area contributed by atoms with Gasteiger partial charge >= 0.3 is 5.97 Å². The summed E-state index contributed by atoms with van der Waals surface area (Å²) in [5.41, 5.74) is 2.76. The molecule has 0 N–H and O–H groups in total. The van der Waals surface area contributed by atoms with E-state index < -0.39 is 5.60 Å². The minimum Gasteiger partial charge on any atom is -0.457 e. The second-order valence-corrected chi connectivity index (χ2v) is 6.72. The molecule has 132 valence electrons. The van der Waals surface area contributed by atoms with E-state index in [2.05, 4.69) is 0 Å². The summed E-state index contributed by atoms with van der Waals surface area (Å²) in [6.45, 7) is 8.26. The second-order valence-electron chi connectivity index (χ2n) is 6.72. The third-order valence-electron chi connectivity index (χ3n) is 3.52. The van der Waals surface area contributed by atoms with Gasteiger partial charge in [-0.25, -0.2) is 4.79 Å². The maximum atomic E-state index is 12.9. The zero-order valence-electron chi connectivity index (χ0n) is 15.4. The average molecular weight is 338 g/mol. The number of rotatable bonds is 6. The lowest BCUT2D eigenvalue weighted by atomic mass is 9.93. The Morgan fingerprint density at radius 2 is 1.36 bits per heavy atom. The lowest BCUT2D eigenvalue weighted by Gasteiger charge is -2.22. The van der Waals surface area contributed by atoms with E-state index in [1.807, 2.05) is 88.4 Å². The summed E-state index contributed by atoms with van der Waals surface area (Å²) in [5, 5.41) is 0.